The van der Waals surface area contributed by atoms with Gasteiger partial charge in [-0.25, -0.2) is 9.97 Å². The van der Waals surface area contributed by atoms with E-state index in [0.717, 1.165) is 15.4 Å². The van der Waals surface area contributed by atoms with Gasteiger partial charge in [-0.1, -0.05) is 22.9 Å². The molecule has 2 aromatic rings. The van der Waals surface area contributed by atoms with Crippen molar-refractivity contribution in [2.45, 2.75) is 5.88 Å². The van der Waals surface area contributed by atoms with Gasteiger partial charge in [0.1, 0.15) is 15.4 Å². The molecule has 0 fully saturated rings. The molecule has 0 bridgehead atoms. The molecule has 2 aromatic heterocycles. The average molecular weight is 219 g/mol. The van der Waals surface area contributed by atoms with Crippen molar-refractivity contribution in [2.24, 2.45) is 0 Å². The fraction of sp³-hybridized carbons (Fsp3) is 0.143. The number of alkyl halides is 1. The van der Waals surface area contributed by atoms with Gasteiger partial charge in [-0.3, -0.25) is 0 Å². The van der Waals surface area contributed by atoms with Crippen LogP contribution in [0.5, 0.6) is 0 Å². The van der Waals surface area contributed by atoms with Gasteiger partial charge < -0.3 is 0 Å². The molecule has 0 saturated carbocycles. The largest absolute Gasteiger partial charge is 0.242 e. The number of pyridine rings is 1. The first-order chi connectivity index (χ1) is 5.79. The van der Waals surface area contributed by atoms with Crippen molar-refractivity contribution in [3.05, 3.63) is 22.3 Å². The molecule has 2 heterocycles. The van der Waals surface area contributed by atoms with Crippen LogP contribution in [-0.2, 0) is 5.88 Å². The van der Waals surface area contributed by atoms with Crippen LogP contribution < -0.4 is 0 Å². The molecule has 0 aliphatic rings. The summed E-state index contributed by atoms with van der Waals surface area (Å²) in [4.78, 5) is 9.23. The summed E-state index contributed by atoms with van der Waals surface area (Å²) in [6, 6.07) is 1.79. The third-order valence-corrected chi connectivity index (χ3v) is 2.97. The zero-order chi connectivity index (χ0) is 8.55. The molecule has 0 N–H and O–H groups in total. The van der Waals surface area contributed by atoms with Gasteiger partial charge in [0.25, 0.3) is 0 Å². The number of hydrogen-bond acceptors (Lipinski definition) is 3. The summed E-state index contributed by atoms with van der Waals surface area (Å²) in [5, 5.41) is 1.48. The number of fused-ring (bicyclic) bond motifs is 1. The highest BCUT2D eigenvalue weighted by molar-refractivity contribution is 7.18. The lowest BCUT2D eigenvalue weighted by molar-refractivity contribution is 1.29. The van der Waals surface area contributed by atoms with Crippen molar-refractivity contribution >= 4 is 44.9 Å². The lowest BCUT2D eigenvalue weighted by Crippen LogP contribution is -1.74. The van der Waals surface area contributed by atoms with Gasteiger partial charge in [-0.15, -0.1) is 11.6 Å². The fourth-order valence-electron chi connectivity index (χ4n) is 0.901. The van der Waals surface area contributed by atoms with Crippen molar-refractivity contribution in [1.29, 1.82) is 0 Å². The van der Waals surface area contributed by atoms with Gasteiger partial charge in [-0.05, 0) is 6.07 Å². The third-order valence-electron chi connectivity index (χ3n) is 1.37. The van der Waals surface area contributed by atoms with E-state index in [0.29, 0.717) is 10.9 Å². The van der Waals surface area contributed by atoms with Gasteiger partial charge in [0.05, 0.1) is 10.9 Å². The molecule has 12 heavy (non-hydrogen) atoms. The first-order valence-electron chi connectivity index (χ1n) is 3.26. The summed E-state index contributed by atoms with van der Waals surface area (Å²) in [5.41, 5.74) is 0.822. The van der Waals surface area contributed by atoms with E-state index in [9.17, 15) is 0 Å². The van der Waals surface area contributed by atoms with Crippen LogP contribution >= 0.6 is 34.5 Å². The third kappa shape index (κ3) is 1.40. The summed E-state index contributed by atoms with van der Waals surface area (Å²) in [6.45, 7) is 0. The molecule has 0 amide bonds. The van der Waals surface area contributed by atoms with Crippen LogP contribution in [0.1, 0.15) is 5.01 Å². The van der Waals surface area contributed by atoms with E-state index in [2.05, 4.69) is 9.97 Å². The van der Waals surface area contributed by atoms with Crippen molar-refractivity contribution in [2.75, 3.05) is 0 Å². The van der Waals surface area contributed by atoms with E-state index in [1.54, 1.807) is 12.3 Å². The lowest BCUT2D eigenvalue weighted by Gasteiger charge is -1.85. The second-order valence-electron chi connectivity index (χ2n) is 2.22. The van der Waals surface area contributed by atoms with E-state index in [-0.39, 0.29) is 0 Å². The van der Waals surface area contributed by atoms with Crippen LogP contribution in [0.4, 0.5) is 0 Å². The first kappa shape index (κ1) is 8.23. The van der Waals surface area contributed by atoms with Crippen LogP contribution in [-0.4, -0.2) is 9.97 Å². The van der Waals surface area contributed by atoms with E-state index >= 15 is 0 Å². The van der Waals surface area contributed by atoms with Gasteiger partial charge in [0, 0.05) is 6.20 Å². The van der Waals surface area contributed by atoms with E-state index < -0.39 is 0 Å². The van der Waals surface area contributed by atoms with Crippen LogP contribution in [0.3, 0.4) is 0 Å². The molecule has 0 spiro atoms. The molecule has 62 valence electrons. The molecule has 0 aromatic carbocycles. The summed E-state index contributed by atoms with van der Waals surface area (Å²) in [5.74, 6) is 0.429. The molecule has 0 saturated heterocycles. The molecule has 0 aliphatic heterocycles. The Hall–Kier alpha value is -0.380. The number of halogens is 2. The monoisotopic (exact) mass is 218 g/mol. The SMILES string of the molecule is ClCc1nc2cc(Cl)cnc2s1. The summed E-state index contributed by atoms with van der Waals surface area (Å²) >= 11 is 12.9. The van der Waals surface area contributed by atoms with Crippen LogP contribution in [0, 0.1) is 0 Å². The van der Waals surface area contributed by atoms with Crippen molar-refractivity contribution in [1.82, 2.24) is 9.97 Å². The summed E-state index contributed by atoms with van der Waals surface area (Å²) in [6.07, 6.45) is 1.61. The quantitative estimate of drug-likeness (QED) is 0.688. The number of rotatable bonds is 1. The Balaban J connectivity index is 2.67. The van der Waals surface area contributed by atoms with Crippen molar-refractivity contribution in [3.63, 3.8) is 0 Å². The standard InChI is InChI=1S/C7H4Cl2N2S/c8-2-6-11-5-1-4(9)3-10-7(5)12-6/h1,3H,2H2. The minimum absolute atomic E-state index is 0.429. The Labute approximate surface area is 83.2 Å². The maximum Gasteiger partial charge on any atom is 0.143 e. The zero-order valence-electron chi connectivity index (χ0n) is 5.92. The summed E-state index contributed by atoms with van der Waals surface area (Å²) in [7, 11) is 0. The van der Waals surface area contributed by atoms with E-state index in [4.69, 9.17) is 23.2 Å². The minimum Gasteiger partial charge on any atom is -0.242 e. The maximum absolute atomic E-state index is 5.74. The number of thiazole rings is 1. The van der Waals surface area contributed by atoms with Gasteiger partial charge in [-0.2, -0.15) is 0 Å². The molecule has 5 heteroatoms. The Kier molecular flexibility index (Phi) is 2.17. The predicted octanol–water partition coefficient (Wildman–Crippen LogP) is 3.08. The van der Waals surface area contributed by atoms with E-state index in [1.807, 2.05) is 0 Å². The summed E-state index contributed by atoms with van der Waals surface area (Å²) < 4.78 is 0. The molecule has 0 radical (unpaired) electrons. The normalized spacial score (nSPS) is 10.8. The average Bonchev–Trinajstić information content (AvgIpc) is 2.46. The maximum atomic E-state index is 5.74. The van der Waals surface area contributed by atoms with Crippen LogP contribution in [0.25, 0.3) is 10.3 Å². The van der Waals surface area contributed by atoms with Gasteiger partial charge >= 0.3 is 0 Å². The smallest absolute Gasteiger partial charge is 0.143 e. The molecular weight excluding hydrogens is 215 g/mol. The number of nitrogens with zero attached hydrogens (tertiary/aromatic N) is 2. The van der Waals surface area contributed by atoms with E-state index in [1.165, 1.54) is 11.3 Å². The highest BCUT2D eigenvalue weighted by Gasteiger charge is 2.03. The first-order valence-corrected chi connectivity index (χ1v) is 4.99. The Morgan fingerprint density at radius 2 is 2.33 bits per heavy atom. The highest BCUT2D eigenvalue weighted by atomic mass is 35.5. The Morgan fingerprint density at radius 1 is 1.50 bits per heavy atom. The van der Waals surface area contributed by atoms with Crippen molar-refractivity contribution < 1.29 is 0 Å². The molecule has 0 aliphatic carbocycles. The second kappa shape index (κ2) is 3.17. The van der Waals surface area contributed by atoms with Gasteiger partial charge in [0.15, 0.2) is 0 Å². The minimum atomic E-state index is 0.429. The molecule has 2 rings (SSSR count). The zero-order valence-corrected chi connectivity index (χ0v) is 8.25. The van der Waals surface area contributed by atoms with Crippen LogP contribution in [0.2, 0.25) is 5.02 Å². The predicted molar refractivity (Wildman–Crippen MR) is 52.0 cm³/mol. The topological polar surface area (TPSA) is 25.8 Å². The lowest BCUT2D eigenvalue weighted by atomic mass is 10.4. The Bertz CT molecular complexity index is 413. The molecule has 0 atom stereocenters. The van der Waals surface area contributed by atoms with Gasteiger partial charge in [0.2, 0.25) is 0 Å². The number of hydrogen-bond donors (Lipinski definition) is 0. The molecular formula is C7H4Cl2N2S. The second-order valence-corrected chi connectivity index (χ2v) is 3.98. The fourth-order valence-corrected chi connectivity index (χ4v) is 2.01. The van der Waals surface area contributed by atoms with Crippen molar-refractivity contribution in [3.8, 4) is 0 Å². The number of aromatic nitrogens is 2. The Morgan fingerprint density at radius 3 is 3.08 bits per heavy atom. The molecule has 2 nitrogen and oxygen atoms in total. The molecule has 0 unspecified atom stereocenters. The highest BCUT2D eigenvalue weighted by Crippen LogP contribution is 2.23. The van der Waals surface area contributed by atoms with Crippen LogP contribution in [0.15, 0.2) is 12.3 Å².